The van der Waals surface area contributed by atoms with Gasteiger partial charge in [-0.25, -0.2) is 4.99 Å². The summed E-state index contributed by atoms with van der Waals surface area (Å²) >= 11 is 0. The molecule has 146 valence electrons. The van der Waals surface area contributed by atoms with Crippen molar-refractivity contribution in [2.75, 3.05) is 7.05 Å². The van der Waals surface area contributed by atoms with Crippen molar-refractivity contribution in [1.29, 1.82) is 0 Å². The Hall–Kier alpha value is -2.04. The molecule has 0 aromatic heterocycles. The van der Waals surface area contributed by atoms with Crippen LogP contribution in [-0.4, -0.2) is 29.4 Å². The molecule has 4 rings (SSSR count). The smallest absolute Gasteiger partial charge is 0.261 e. The van der Waals surface area contributed by atoms with Crippen molar-refractivity contribution in [2.45, 2.75) is 70.4 Å². The van der Waals surface area contributed by atoms with Gasteiger partial charge < -0.3 is 10.5 Å². The predicted molar refractivity (Wildman–Crippen MR) is 107 cm³/mol. The van der Waals surface area contributed by atoms with E-state index < -0.39 is 11.1 Å². The van der Waals surface area contributed by atoms with Crippen LogP contribution in [0.1, 0.15) is 70.4 Å². The number of guanidine groups is 1. The fourth-order valence-corrected chi connectivity index (χ4v) is 5.47. The number of ether oxygens (including phenoxy) is 1. The summed E-state index contributed by atoms with van der Waals surface area (Å²) in [6.45, 7) is 8.70. The van der Waals surface area contributed by atoms with Crippen LogP contribution in [0.2, 0.25) is 0 Å². The molecule has 2 N–H and O–H groups in total. The van der Waals surface area contributed by atoms with E-state index >= 15 is 0 Å². The highest BCUT2D eigenvalue weighted by molar-refractivity contribution is 6.07. The summed E-state index contributed by atoms with van der Waals surface area (Å²) in [6, 6.07) is 6.39. The highest BCUT2D eigenvalue weighted by Crippen LogP contribution is 2.50. The van der Waals surface area contributed by atoms with Crippen molar-refractivity contribution >= 4 is 11.9 Å². The van der Waals surface area contributed by atoms with Gasteiger partial charge in [-0.05, 0) is 68.6 Å². The molecule has 0 saturated heterocycles. The lowest BCUT2D eigenvalue weighted by molar-refractivity contribution is -0.133. The highest BCUT2D eigenvalue weighted by atomic mass is 16.5. The minimum absolute atomic E-state index is 0.0554. The molecule has 3 aliphatic rings. The Morgan fingerprint density at radius 1 is 1.19 bits per heavy atom. The van der Waals surface area contributed by atoms with Gasteiger partial charge in [0.15, 0.2) is 11.5 Å². The summed E-state index contributed by atoms with van der Waals surface area (Å²) in [5, 5.41) is 0. The van der Waals surface area contributed by atoms with Crippen molar-refractivity contribution in [1.82, 2.24) is 4.90 Å². The molecule has 5 nitrogen and oxygen atoms in total. The first-order valence-corrected chi connectivity index (χ1v) is 10.1. The molecule has 2 unspecified atom stereocenters. The maximum atomic E-state index is 13.2. The maximum Gasteiger partial charge on any atom is 0.261 e. The zero-order chi connectivity index (χ0) is 19.6. The van der Waals surface area contributed by atoms with Crippen LogP contribution in [0, 0.1) is 11.8 Å². The van der Waals surface area contributed by atoms with Crippen LogP contribution >= 0.6 is 0 Å². The van der Waals surface area contributed by atoms with Gasteiger partial charge in [0.25, 0.3) is 5.91 Å². The average molecular weight is 370 g/mol. The summed E-state index contributed by atoms with van der Waals surface area (Å²) in [5.41, 5.74) is 6.79. The second kappa shape index (κ2) is 5.98. The number of nitrogens with zero attached hydrogens (tertiary/aromatic N) is 2. The molecule has 1 fully saturated rings. The number of carbonyl (C=O) groups excluding carboxylic acids is 1. The molecule has 1 spiro atoms. The lowest BCUT2D eigenvalue weighted by Crippen LogP contribution is -2.49. The van der Waals surface area contributed by atoms with Crippen molar-refractivity contribution in [2.24, 2.45) is 22.6 Å². The van der Waals surface area contributed by atoms with Crippen LogP contribution in [0.4, 0.5) is 0 Å². The number of fused-ring (bicyclic) bond motifs is 2. The number of hydrogen-bond donors (Lipinski definition) is 1. The van der Waals surface area contributed by atoms with Gasteiger partial charge in [0.1, 0.15) is 11.4 Å². The van der Waals surface area contributed by atoms with Gasteiger partial charge in [0.05, 0.1) is 0 Å². The molecule has 1 saturated carbocycles. The molecule has 2 heterocycles. The minimum Gasteiger partial charge on any atom is -0.487 e. The SMILES string of the molecule is C[C@@H]1CC(c2ccc3c(c2)C2(CC(C)(C)O3)N=C(N)N(C)C2=O)C[C@H](C)C1. The molecule has 2 aliphatic heterocycles. The Balaban J connectivity index is 1.81. The molecule has 0 bridgehead atoms. The number of hydrogen-bond acceptors (Lipinski definition) is 4. The topological polar surface area (TPSA) is 67.9 Å². The van der Waals surface area contributed by atoms with E-state index in [1.54, 1.807) is 7.05 Å². The Kier molecular flexibility index (Phi) is 4.06. The molecule has 0 radical (unpaired) electrons. The standard InChI is InChI=1S/C22H31N3O2/c1-13-8-14(2)10-16(9-13)15-6-7-18-17(11-15)22(12-21(3,4)27-18)19(26)25(5)20(23)24-22/h6-7,11,13-14,16H,8-10,12H2,1-5H3,(H2,23,24)/t13-,14+,16?,22?. The average Bonchev–Trinajstić information content (AvgIpc) is 2.77. The van der Waals surface area contributed by atoms with Crippen LogP contribution in [0.15, 0.2) is 23.2 Å². The number of carbonyl (C=O) groups is 1. The molecule has 1 aromatic rings. The van der Waals surface area contributed by atoms with Crippen LogP contribution in [0.3, 0.4) is 0 Å². The van der Waals surface area contributed by atoms with E-state index in [9.17, 15) is 4.79 Å². The summed E-state index contributed by atoms with van der Waals surface area (Å²) < 4.78 is 6.23. The first kappa shape index (κ1) is 18.3. The van der Waals surface area contributed by atoms with Crippen LogP contribution in [-0.2, 0) is 10.3 Å². The van der Waals surface area contributed by atoms with E-state index in [1.807, 2.05) is 19.9 Å². The predicted octanol–water partition coefficient (Wildman–Crippen LogP) is 3.77. The molecular weight excluding hydrogens is 338 g/mol. The molecule has 4 atom stereocenters. The van der Waals surface area contributed by atoms with Gasteiger partial charge in [-0.15, -0.1) is 0 Å². The highest BCUT2D eigenvalue weighted by Gasteiger charge is 2.55. The van der Waals surface area contributed by atoms with Crippen molar-refractivity contribution in [3.63, 3.8) is 0 Å². The number of likely N-dealkylation sites (N-methyl/N-ethyl adjacent to an activating group) is 1. The van der Waals surface area contributed by atoms with Crippen LogP contribution in [0.5, 0.6) is 5.75 Å². The zero-order valence-corrected chi connectivity index (χ0v) is 17.1. The molecule has 27 heavy (non-hydrogen) atoms. The second-order valence-electron chi connectivity index (χ2n) is 9.60. The van der Waals surface area contributed by atoms with Crippen molar-refractivity contribution in [3.05, 3.63) is 29.3 Å². The van der Waals surface area contributed by atoms with Crippen LogP contribution in [0.25, 0.3) is 0 Å². The zero-order valence-electron chi connectivity index (χ0n) is 17.1. The molecule has 1 aromatic carbocycles. The second-order valence-corrected chi connectivity index (χ2v) is 9.60. The Bertz CT molecular complexity index is 806. The summed E-state index contributed by atoms with van der Waals surface area (Å²) in [6.07, 6.45) is 4.19. The molecule has 1 amide bonds. The van der Waals surface area contributed by atoms with Crippen molar-refractivity contribution < 1.29 is 9.53 Å². The number of benzene rings is 1. The minimum atomic E-state index is -0.960. The van der Waals surface area contributed by atoms with Gasteiger partial charge in [-0.3, -0.25) is 9.69 Å². The lowest BCUT2D eigenvalue weighted by Gasteiger charge is -2.42. The van der Waals surface area contributed by atoms with E-state index in [1.165, 1.54) is 29.7 Å². The van der Waals surface area contributed by atoms with Gasteiger partial charge in [0, 0.05) is 19.0 Å². The number of nitrogens with two attached hydrogens (primary N) is 1. The van der Waals surface area contributed by atoms with E-state index in [4.69, 9.17) is 10.5 Å². The summed E-state index contributed by atoms with van der Waals surface area (Å²) in [5.74, 6) is 2.97. The van der Waals surface area contributed by atoms with Crippen LogP contribution < -0.4 is 10.5 Å². The Labute approximate surface area is 162 Å². The number of amides is 1. The lowest BCUT2D eigenvalue weighted by atomic mass is 9.72. The number of rotatable bonds is 1. The summed E-state index contributed by atoms with van der Waals surface area (Å²) in [4.78, 5) is 19.4. The van der Waals surface area contributed by atoms with Gasteiger partial charge >= 0.3 is 0 Å². The molecular formula is C22H31N3O2. The third kappa shape index (κ3) is 2.91. The Morgan fingerprint density at radius 2 is 1.85 bits per heavy atom. The third-order valence-corrected chi connectivity index (χ3v) is 6.47. The fourth-order valence-electron chi connectivity index (χ4n) is 5.47. The van der Waals surface area contributed by atoms with E-state index in [2.05, 4.69) is 31.0 Å². The third-order valence-electron chi connectivity index (χ3n) is 6.47. The van der Waals surface area contributed by atoms with Gasteiger partial charge in [-0.2, -0.15) is 0 Å². The first-order valence-electron chi connectivity index (χ1n) is 10.1. The van der Waals surface area contributed by atoms with Crippen molar-refractivity contribution in [3.8, 4) is 5.75 Å². The van der Waals surface area contributed by atoms with E-state index in [-0.39, 0.29) is 11.9 Å². The quantitative estimate of drug-likeness (QED) is 0.819. The largest absolute Gasteiger partial charge is 0.487 e. The van der Waals surface area contributed by atoms with E-state index in [0.29, 0.717) is 12.3 Å². The monoisotopic (exact) mass is 369 g/mol. The Morgan fingerprint density at radius 3 is 2.44 bits per heavy atom. The molecule has 5 heteroatoms. The maximum absolute atomic E-state index is 13.2. The van der Waals surface area contributed by atoms with E-state index in [0.717, 1.165) is 23.1 Å². The summed E-state index contributed by atoms with van der Waals surface area (Å²) in [7, 11) is 1.70. The van der Waals surface area contributed by atoms with Gasteiger partial charge in [-0.1, -0.05) is 19.9 Å². The number of aliphatic imine (C=N–C) groups is 1. The first-order chi connectivity index (χ1) is 12.6. The fraction of sp³-hybridized carbons (Fsp3) is 0.636. The molecule has 1 aliphatic carbocycles. The normalized spacial score (nSPS) is 35.0. The van der Waals surface area contributed by atoms with Gasteiger partial charge in [0.2, 0.25) is 0 Å².